The van der Waals surface area contributed by atoms with Crippen LogP contribution in [0.4, 0.5) is 5.82 Å². The van der Waals surface area contributed by atoms with Gasteiger partial charge in [0.25, 0.3) is 0 Å². The molecule has 1 aromatic heterocycles. The van der Waals surface area contributed by atoms with E-state index in [1.165, 1.54) is 0 Å². The van der Waals surface area contributed by atoms with E-state index in [2.05, 4.69) is 22.4 Å². The second-order valence-electron chi connectivity index (χ2n) is 5.67. The molecule has 0 radical (unpaired) electrons. The molecule has 6 nitrogen and oxygen atoms in total. The summed E-state index contributed by atoms with van der Waals surface area (Å²) in [6.45, 7) is 4.91. The van der Waals surface area contributed by atoms with Crippen molar-refractivity contribution in [1.29, 1.82) is 0 Å². The minimum absolute atomic E-state index is 0.0990. The second kappa shape index (κ2) is 8.66. The molecule has 0 aliphatic heterocycles. The van der Waals surface area contributed by atoms with E-state index in [0.29, 0.717) is 5.56 Å². The van der Waals surface area contributed by atoms with Crippen molar-refractivity contribution < 1.29 is 0 Å². The van der Waals surface area contributed by atoms with Crippen LogP contribution in [-0.4, -0.2) is 23.3 Å². The van der Waals surface area contributed by atoms with Crippen LogP contribution in [0.1, 0.15) is 30.0 Å². The van der Waals surface area contributed by atoms with E-state index in [0.717, 1.165) is 35.6 Å². The lowest BCUT2D eigenvalue weighted by molar-refractivity contribution is 0.946. The third-order valence-corrected chi connectivity index (χ3v) is 4.32. The molecule has 0 amide bonds. The molecular formula is C17H21Cl3N6. The molecule has 26 heavy (non-hydrogen) atoms. The number of guanidine groups is 1. The summed E-state index contributed by atoms with van der Waals surface area (Å²) >= 11 is 18.1. The van der Waals surface area contributed by atoms with Crippen LogP contribution in [-0.2, 0) is 3.79 Å². The molecule has 0 aliphatic rings. The van der Waals surface area contributed by atoms with Gasteiger partial charge >= 0.3 is 0 Å². The predicted molar refractivity (Wildman–Crippen MR) is 112 cm³/mol. The zero-order chi connectivity index (χ0) is 19.3. The van der Waals surface area contributed by atoms with Gasteiger partial charge in [0, 0.05) is 35.1 Å². The topological polar surface area (TPSA) is 93.7 Å². The highest BCUT2D eigenvalue weighted by Crippen LogP contribution is 2.39. The van der Waals surface area contributed by atoms with Gasteiger partial charge in [0.15, 0.2) is 0 Å². The predicted octanol–water partition coefficient (Wildman–Crippen LogP) is 4.04. The lowest BCUT2D eigenvalue weighted by atomic mass is 10.2. The smallest absolute Gasteiger partial charge is 0.216 e. The maximum Gasteiger partial charge on any atom is 0.216 e. The van der Waals surface area contributed by atoms with Crippen LogP contribution < -0.4 is 16.8 Å². The molecule has 0 spiro atoms. The number of hydrogen-bond donors (Lipinski definition) is 3. The van der Waals surface area contributed by atoms with Gasteiger partial charge in [-0.15, -0.1) is 5.10 Å². The van der Waals surface area contributed by atoms with Gasteiger partial charge in [0.05, 0.1) is 6.21 Å². The molecule has 0 aliphatic carbocycles. The molecule has 1 heterocycles. The van der Waals surface area contributed by atoms with Crippen LogP contribution in [0.2, 0.25) is 0 Å². The van der Waals surface area contributed by atoms with Gasteiger partial charge in [-0.25, -0.2) is 0 Å². The van der Waals surface area contributed by atoms with Gasteiger partial charge in [-0.3, -0.25) is 0 Å². The molecule has 2 rings (SSSR count). The van der Waals surface area contributed by atoms with Crippen molar-refractivity contribution in [1.82, 2.24) is 4.57 Å². The average molecular weight is 416 g/mol. The van der Waals surface area contributed by atoms with E-state index in [1.807, 2.05) is 35.9 Å². The van der Waals surface area contributed by atoms with Crippen molar-refractivity contribution in [2.24, 2.45) is 21.7 Å². The van der Waals surface area contributed by atoms with Crippen molar-refractivity contribution in [2.75, 3.05) is 11.9 Å². The van der Waals surface area contributed by atoms with Crippen LogP contribution in [0.25, 0.3) is 5.69 Å². The molecule has 0 saturated heterocycles. The summed E-state index contributed by atoms with van der Waals surface area (Å²) in [5, 5.41) is 11.0. The Balaban J connectivity index is 2.53. The maximum absolute atomic E-state index is 6.02. The van der Waals surface area contributed by atoms with Crippen LogP contribution >= 0.6 is 34.8 Å². The molecule has 140 valence electrons. The lowest BCUT2D eigenvalue weighted by Crippen LogP contribution is -2.21. The van der Waals surface area contributed by atoms with Crippen LogP contribution in [0, 0.1) is 6.92 Å². The minimum atomic E-state index is -1.49. The summed E-state index contributed by atoms with van der Waals surface area (Å²) in [5.41, 5.74) is 13.9. The van der Waals surface area contributed by atoms with Gasteiger partial charge < -0.3 is 21.4 Å². The van der Waals surface area contributed by atoms with E-state index >= 15 is 0 Å². The van der Waals surface area contributed by atoms with Crippen LogP contribution in [0.15, 0.2) is 40.7 Å². The number of nitrogens with one attached hydrogen (secondary N) is 1. The van der Waals surface area contributed by atoms with E-state index in [1.54, 1.807) is 12.3 Å². The van der Waals surface area contributed by atoms with E-state index in [4.69, 9.17) is 46.3 Å². The Kier molecular flexibility index (Phi) is 6.81. The van der Waals surface area contributed by atoms with Crippen molar-refractivity contribution in [3.63, 3.8) is 0 Å². The summed E-state index contributed by atoms with van der Waals surface area (Å²) in [6, 6.07) is 7.39. The quantitative estimate of drug-likeness (QED) is 0.287. The first-order valence-electron chi connectivity index (χ1n) is 7.99. The fraction of sp³-hybridized carbons (Fsp3) is 0.294. The van der Waals surface area contributed by atoms with Gasteiger partial charge in [0.1, 0.15) is 5.82 Å². The number of aromatic nitrogens is 1. The Morgan fingerprint density at radius 2 is 2.04 bits per heavy atom. The highest BCUT2D eigenvalue weighted by atomic mass is 35.6. The van der Waals surface area contributed by atoms with E-state index in [9.17, 15) is 0 Å². The summed E-state index contributed by atoms with van der Waals surface area (Å²) in [5.74, 6) is 0.831. The molecule has 0 atom stereocenters. The van der Waals surface area contributed by atoms with Crippen LogP contribution in [0.5, 0.6) is 0 Å². The number of hydrogen-bond acceptors (Lipinski definition) is 3. The van der Waals surface area contributed by atoms with Gasteiger partial charge in [0.2, 0.25) is 9.75 Å². The van der Waals surface area contributed by atoms with Crippen molar-refractivity contribution in [2.45, 2.75) is 24.1 Å². The molecule has 0 unspecified atom stereocenters. The van der Waals surface area contributed by atoms with Gasteiger partial charge in [-0.05, 0) is 25.5 Å². The summed E-state index contributed by atoms with van der Waals surface area (Å²) in [6.07, 6.45) is 4.51. The normalized spacial score (nSPS) is 11.7. The Hall–Kier alpha value is -1.89. The third kappa shape index (κ3) is 5.06. The standard InChI is InChI=1S/C17H21Cl3N6/c1-3-7-23-15-11(2)12(9-24-25-16(21)22)10-26(15)14-6-4-5-13(8-14)17(18,19)20/h4-6,8-10,23H,3,7H2,1-2H3,(H4,21,22,25)/b24-9+. The van der Waals surface area contributed by atoms with Crippen molar-refractivity contribution in [3.8, 4) is 5.69 Å². The van der Waals surface area contributed by atoms with E-state index in [-0.39, 0.29) is 5.96 Å². The Morgan fingerprint density at radius 3 is 2.65 bits per heavy atom. The number of halogens is 3. The third-order valence-electron chi connectivity index (χ3n) is 3.66. The maximum atomic E-state index is 6.02. The molecule has 0 bridgehead atoms. The molecule has 9 heteroatoms. The number of alkyl halides is 3. The number of rotatable bonds is 6. The molecular weight excluding hydrogens is 395 g/mol. The number of nitrogens with zero attached hydrogens (tertiary/aromatic N) is 3. The van der Waals surface area contributed by atoms with E-state index < -0.39 is 3.79 Å². The lowest BCUT2D eigenvalue weighted by Gasteiger charge is -2.16. The summed E-state index contributed by atoms with van der Waals surface area (Å²) in [4.78, 5) is 0. The summed E-state index contributed by atoms with van der Waals surface area (Å²) in [7, 11) is 0. The Bertz CT molecular complexity index is 816. The number of nitrogens with two attached hydrogens (primary N) is 2. The molecule has 2 aromatic rings. The first kappa shape index (κ1) is 20.4. The first-order valence-corrected chi connectivity index (χ1v) is 9.12. The monoisotopic (exact) mass is 414 g/mol. The average Bonchev–Trinajstić information content (AvgIpc) is 2.88. The SMILES string of the molecule is CCCNc1c(C)c(/C=N/N=C(N)N)cn1-c1cccc(C(Cl)(Cl)Cl)c1. The fourth-order valence-electron chi connectivity index (χ4n) is 2.40. The van der Waals surface area contributed by atoms with Crippen molar-refractivity contribution in [3.05, 3.63) is 47.2 Å². The highest BCUT2D eigenvalue weighted by Gasteiger charge is 2.23. The first-order chi connectivity index (χ1) is 12.2. The molecule has 5 N–H and O–H groups in total. The minimum Gasteiger partial charge on any atom is -0.371 e. The number of anilines is 1. The molecule has 0 fully saturated rings. The zero-order valence-electron chi connectivity index (χ0n) is 14.5. The van der Waals surface area contributed by atoms with Gasteiger partial charge in [-0.1, -0.05) is 53.9 Å². The van der Waals surface area contributed by atoms with Gasteiger partial charge in [-0.2, -0.15) is 5.10 Å². The highest BCUT2D eigenvalue weighted by molar-refractivity contribution is 6.66. The summed E-state index contributed by atoms with van der Waals surface area (Å²) < 4.78 is 0.495. The largest absolute Gasteiger partial charge is 0.371 e. The molecule has 1 aromatic carbocycles. The number of benzene rings is 1. The van der Waals surface area contributed by atoms with Crippen molar-refractivity contribution >= 4 is 52.8 Å². The van der Waals surface area contributed by atoms with Crippen LogP contribution in [0.3, 0.4) is 0 Å². The Labute approximate surface area is 167 Å². The Morgan fingerprint density at radius 1 is 1.31 bits per heavy atom. The zero-order valence-corrected chi connectivity index (χ0v) is 16.8. The second-order valence-corrected chi connectivity index (χ2v) is 7.95. The molecule has 0 saturated carbocycles. The fourth-order valence-corrected chi connectivity index (χ4v) is 2.76.